The van der Waals surface area contributed by atoms with Gasteiger partial charge in [0.25, 0.3) is 5.91 Å². The molecule has 0 bridgehead atoms. The molecule has 0 aliphatic carbocycles. The number of halogens is 2. The number of ether oxygens (including phenoxy) is 1. The van der Waals surface area contributed by atoms with Gasteiger partial charge in [-0.15, -0.1) is 0 Å². The predicted octanol–water partition coefficient (Wildman–Crippen LogP) is 5.51. The average molecular weight is 494 g/mol. The SMILES string of the molecule is COc1ccc(Cl)cc1C=C(CN(C(=O)O)C(C)(C)C)C(=O)NC(=O)Nc1ccc(Cl)cc1. The molecule has 8 nitrogen and oxygen atoms in total. The highest BCUT2D eigenvalue weighted by Crippen LogP contribution is 2.26. The maximum atomic E-state index is 13.0. The van der Waals surface area contributed by atoms with Gasteiger partial charge in [-0.2, -0.15) is 0 Å². The lowest BCUT2D eigenvalue weighted by atomic mass is 10.0. The quantitative estimate of drug-likeness (QED) is 0.459. The fourth-order valence-corrected chi connectivity index (χ4v) is 3.14. The molecule has 0 aliphatic heterocycles. The Bertz CT molecular complexity index is 1060. The van der Waals surface area contributed by atoms with E-state index in [0.29, 0.717) is 27.0 Å². The molecule has 2 aromatic rings. The molecule has 3 N–H and O–H groups in total. The van der Waals surface area contributed by atoms with E-state index in [4.69, 9.17) is 27.9 Å². The summed E-state index contributed by atoms with van der Waals surface area (Å²) in [7, 11) is 1.46. The van der Waals surface area contributed by atoms with Crippen molar-refractivity contribution in [2.75, 3.05) is 19.0 Å². The first-order valence-electron chi connectivity index (χ1n) is 9.83. The third kappa shape index (κ3) is 7.69. The summed E-state index contributed by atoms with van der Waals surface area (Å²) in [5, 5.41) is 15.3. The minimum absolute atomic E-state index is 0.0131. The zero-order chi connectivity index (χ0) is 24.8. The van der Waals surface area contributed by atoms with Crippen LogP contribution in [-0.2, 0) is 4.79 Å². The fraction of sp³-hybridized carbons (Fsp3) is 0.261. The van der Waals surface area contributed by atoms with E-state index >= 15 is 0 Å². The minimum atomic E-state index is -1.22. The van der Waals surface area contributed by atoms with Crippen molar-refractivity contribution in [3.8, 4) is 5.75 Å². The third-order valence-corrected chi connectivity index (χ3v) is 5.00. The summed E-state index contributed by atoms with van der Waals surface area (Å²) in [6.07, 6.45) is 0.224. The van der Waals surface area contributed by atoms with Crippen molar-refractivity contribution in [2.45, 2.75) is 26.3 Å². The second-order valence-electron chi connectivity index (χ2n) is 8.01. The van der Waals surface area contributed by atoms with Gasteiger partial charge >= 0.3 is 12.1 Å². The number of urea groups is 1. The number of nitrogens with one attached hydrogen (secondary N) is 2. The summed E-state index contributed by atoms with van der Waals surface area (Å²) in [5.74, 6) is -0.355. The first kappa shape index (κ1) is 26.0. The van der Waals surface area contributed by atoms with Gasteiger partial charge in [-0.1, -0.05) is 23.2 Å². The Hall–Kier alpha value is -3.23. The highest BCUT2D eigenvalue weighted by atomic mass is 35.5. The highest BCUT2D eigenvalue weighted by molar-refractivity contribution is 6.31. The van der Waals surface area contributed by atoms with E-state index in [1.165, 1.54) is 13.2 Å². The Labute approximate surface area is 202 Å². The molecule has 33 heavy (non-hydrogen) atoms. The Balaban J connectivity index is 2.37. The second kappa shape index (κ2) is 11.1. The summed E-state index contributed by atoms with van der Waals surface area (Å²) in [5.41, 5.74) is 0.0788. The zero-order valence-electron chi connectivity index (χ0n) is 18.6. The van der Waals surface area contributed by atoms with E-state index in [0.717, 1.165) is 4.90 Å². The molecule has 0 spiro atoms. The lowest BCUT2D eigenvalue weighted by molar-refractivity contribution is -0.116. The highest BCUT2D eigenvalue weighted by Gasteiger charge is 2.29. The summed E-state index contributed by atoms with van der Waals surface area (Å²) in [6.45, 7) is 4.81. The van der Waals surface area contributed by atoms with E-state index in [9.17, 15) is 19.5 Å². The molecule has 2 aromatic carbocycles. The molecule has 0 saturated heterocycles. The lowest BCUT2D eigenvalue weighted by Gasteiger charge is -2.33. The topological polar surface area (TPSA) is 108 Å². The van der Waals surface area contributed by atoms with Crippen molar-refractivity contribution < 1.29 is 24.2 Å². The Morgan fingerprint density at radius 2 is 1.67 bits per heavy atom. The average Bonchev–Trinajstić information content (AvgIpc) is 2.71. The zero-order valence-corrected chi connectivity index (χ0v) is 20.1. The van der Waals surface area contributed by atoms with Gasteiger partial charge in [-0.3, -0.25) is 15.0 Å². The van der Waals surface area contributed by atoms with Crippen LogP contribution < -0.4 is 15.4 Å². The van der Waals surface area contributed by atoms with Gasteiger partial charge in [0, 0.05) is 32.4 Å². The summed E-state index contributed by atoms with van der Waals surface area (Å²) in [4.78, 5) is 38.3. The monoisotopic (exact) mass is 493 g/mol. The summed E-state index contributed by atoms with van der Waals surface area (Å²) in [6, 6.07) is 10.4. The number of amides is 4. The Morgan fingerprint density at radius 1 is 1.06 bits per heavy atom. The lowest BCUT2D eigenvalue weighted by Crippen LogP contribution is -2.48. The van der Waals surface area contributed by atoms with Gasteiger partial charge in [0.05, 0.1) is 13.7 Å². The Morgan fingerprint density at radius 3 is 2.21 bits per heavy atom. The number of hydrogen-bond acceptors (Lipinski definition) is 4. The van der Waals surface area contributed by atoms with E-state index in [1.54, 1.807) is 63.2 Å². The van der Waals surface area contributed by atoms with Crippen molar-refractivity contribution in [1.29, 1.82) is 0 Å². The van der Waals surface area contributed by atoms with Crippen molar-refractivity contribution in [3.05, 3.63) is 63.6 Å². The van der Waals surface area contributed by atoms with E-state index in [1.807, 2.05) is 0 Å². The number of anilines is 1. The van der Waals surface area contributed by atoms with Crippen molar-refractivity contribution in [2.24, 2.45) is 0 Å². The van der Waals surface area contributed by atoms with Crippen LogP contribution in [-0.4, -0.2) is 47.2 Å². The van der Waals surface area contributed by atoms with Crippen molar-refractivity contribution >= 4 is 53.0 Å². The van der Waals surface area contributed by atoms with Crippen LogP contribution in [0.15, 0.2) is 48.0 Å². The number of benzene rings is 2. The van der Waals surface area contributed by atoms with Crippen LogP contribution in [0.4, 0.5) is 15.3 Å². The van der Waals surface area contributed by atoms with Gasteiger partial charge in [0.15, 0.2) is 0 Å². The molecule has 0 aromatic heterocycles. The molecule has 0 heterocycles. The number of carbonyl (C=O) groups is 3. The summed E-state index contributed by atoms with van der Waals surface area (Å²) < 4.78 is 5.32. The fourth-order valence-electron chi connectivity index (χ4n) is 2.83. The Kier molecular flexibility index (Phi) is 8.73. The first-order valence-corrected chi connectivity index (χ1v) is 10.6. The molecular weight excluding hydrogens is 469 g/mol. The van der Waals surface area contributed by atoms with Crippen LogP contribution >= 0.6 is 23.2 Å². The molecular formula is C23H25Cl2N3O5. The molecule has 10 heteroatoms. The molecule has 0 saturated carbocycles. The van der Waals surface area contributed by atoms with Gasteiger partial charge in [-0.05, 0) is 69.3 Å². The second-order valence-corrected chi connectivity index (χ2v) is 8.88. The summed E-state index contributed by atoms with van der Waals surface area (Å²) >= 11 is 11.9. The molecule has 0 fully saturated rings. The number of methoxy groups -OCH3 is 1. The standard InChI is InChI=1S/C23H25Cl2N3O5/c1-23(2,3)28(22(31)32)13-15(11-14-12-17(25)7-10-19(14)33-4)20(29)27-21(30)26-18-8-5-16(24)6-9-18/h5-12H,13H2,1-4H3,(H,31,32)(H2,26,27,29,30). The van der Waals surface area contributed by atoms with Crippen LogP contribution in [0.3, 0.4) is 0 Å². The number of hydrogen-bond donors (Lipinski definition) is 3. The van der Waals surface area contributed by atoms with Gasteiger partial charge in [0.1, 0.15) is 5.75 Å². The van der Waals surface area contributed by atoms with Gasteiger partial charge in [-0.25, -0.2) is 9.59 Å². The minimum Gasteiger partial charge on any atom is -0.496 e. The normalized spacial score (nSPS) is 11.5. The smallest absolute Gasteiger partial charge is 0.408 e. The van der Waals surface area contributed by atoms with Crippen LogP contribution in [0.2, 0.25) is 10.0 Å². The molecule has 0 aliphatic rings. The third-order valence-electron chi connectivity index (χ3n) is 4.51. The van der Waals surface area contributed by atoms with Crippen LogP contribution in [0.1, 0.15) is 26.3 Å². The number of imide groups is 1. The first-order chi connectivity index (χ1) is 15.4. The van der Waals surface area contributed by atoms with Gasteiger partial charge in [0.2, 0.25) is 0 Å². The molecule has 2 rings (SSSR count). The van der Waals surface area contributed by atoms with Crippen LogP contribution in [0.5, 0.6) is 5.75 Å². The maximum Gasteiger partial charge on any atom is 0.408 e. The molecule has 4 amide bonds. The number of carbonyl (C=O) groups excluding carboxylic acids is 2. The maximum absolute atomic E-state index is 13.0. The number of nitrogens with zero attached hydrogens (tertiary/aromatic N) is 1. The molecule has 176 valence electrons. The molecule has 0 radical (unpaired) electrons. The van der Waals surface area contributed by atoms with E-state index in [-0.39, 0.29) is 12.1 Å². The predicted molar refractivity (Wildman–Crippen MR) is 129 cm³/mol. The largest absolute Gasteiger partial charge is 0.496 e. The van der Waals surface area contributed by atoms with Crippen LogP contribution in [0.25, 0.3) is 6.08 Å². The van der Waals surface area contributed by atoms with E-state index in [2.05, 4.69) is 10.6 Å². The van der Waals surface area contributed by atoms with Crippen LogP contribution in [0, 0.1) is 0 Å². The number of rotatable bonds is 6. The number of carboxylic acid groups (broad SMARTS) is 1. The van der Waals surface area contributed by atoms with Gasteiger partial charge < -0.3 is 15.2 Å². The molecule has 0 atom stereocenters. The van der Waals surface area contributed by atoms with Crippen molar-refractivity contribution in [3.63, 3.8) is 0 Å². The molecule has 0 unspecified atom stereocenters. The van der Waals surface area contributed by atoms with Crippen molar-refractivity contribution in [1.82, 2.24) is 10.2 Å². The van der Waals surface area contributed by atoms with E-state index < -0.39 is 23.6 Å².